The molecule has 0 aromatic heterocycles. The minimum atomic E-state index is -2.95. The summed E-state index contributed by atoms with van der Waals surface area (Å²) in [6.45, 7) is 5.16. The van der Waals surface area contributed by atoms with E-state index in [1.54, 1.807) is 0 Å². The Bertz CT molecular complexity index is 387. The molecular formula is C16H31NO2S. The second kappa shape index (κ2) is 7.26. The Morgan fingerprint density at radius 3 is 2.35 bits per heavy atom. The van der Waals surface area contributed by atoms with E-state index in [4.69, 9.17) is 0 Å². The van der Waals surface area contributed by atoms with E-state index in [-0.39, 0.29) is 16.5 Å². The molecular weight excluding hydrogens is 270 g/mol. The van der Waals surface area contributed by atoms with Gasteiger partial charge in [0, 0.05) is 6.04 Å². The molecule has 0 saturated heterocycles. The first-order valence-corrected chi connectivity index (χ1v) is 10.2. The third-order valence-electron chi connectivity index (χ3n) is 5.25. The summed E-state index contributed by atoms with van der Waals surface area (Å²) in [7, 11) is -2.95. The summed E-state index contributed by atoms with van der Waals surface area (Å²) in [5, 5.41) is 3.27. The first kappa shape index (κ1) is 16.3. The van der Waals surface area contributed by atoms with Gasteiger partial charge < -0.3 is 5.32 Å². The summed E-state index contributed by atoms with van der Waals surface area (Å²) in [4.78, 5) is 0. The fraction of sp³-hybridized carbons (Fsp3) is 1.00. The summed E-state index contributed by atoms with van der Waals surface area (Å²) in [6, 6.07) is 0.193. The molecule has 3 nitrogen and oxygen atoms in total. The smallest absolute Gasteiger partial charge is 0.157 e. The van der Waals surface area contributed by atoms with E-state index in [1.807, 2.05) is 0 Å². The van der Waals surface area contributed by atoms with Crippen molar-refractivity contribution in [3.63, 3.8) is 0 Å². The number of rotatable bonds is 6. The van der Waals surface area contributed by atoms with Crippen molar-refractivity contribution in [1.82, 2.24) is 5.32 Å². The van der Waals surface area contributed by atoms with Crippen molar-refractivity contribution < 1.29 is 8.42 Å². The molecule has 2 aliphatic carbocycles. The van der Waals surface area contributed by atoms with E-state index in [2.05, 4.69) is 19.2 Å². The van der Waals surface area contributed by atoms with Gasteiger partial charge in [0.05, 0.1) is 10.5 Å². The molecule has 20 heavy (non-hydrogen) atoms. The second-order valence-electron chi connectivity index (χ2n) is 6.67. The van der Waals surface area contributed by atoms with Gasteiger partial charge in [0.15, 0.2) is 9.84 Å². The van der Waals surface area contributed by atoms with Crippen molar-refractivity contribution in [2.24, 2.45) is 5.92 Å². The summed E-state index contributed by atoms with van der Waals surface area (Å²) >= 11 is 0. The fourth-order valence-electron chi connectivity index (χ4n) is 4.21. The highest BCUT2D eigenvalue weighted by atomic mass is 32.2. The van der Waals surface area contributed by atoms with Crippen LogP contribution in [-0.2, 0) is 9.84 Å². The highest BCUT2D eigenvalue weighted by Gasteiger charge is 2.42. The largest absolute Gasteiger partial charge is 0.313 e. The molecule has 0 heterocycles. The molecule has 0 spiro atoms. The van der Waals surface area contributed by atoms with Crippen molar-refractivity contribution in [3.8, 4) is 0 Å². The number of hydrogen-bond acceptors (Lipinski definition) is 3. The van der Waals surface area contributed by atoms with Gasteiger partial charge in [0.1, 0.15) is 0 Å². The zero-order chi connectivity index (χ0) is 14.6. The SMILES string of the molecule is CCCC1CCC(NCC)C(S(=O)(=O)C2CCCC2)C1. The Labute approximate surface area is 124 Å². The molecule has 3 unspecified atom stereocenters. The van der Waals surface area contributed by atoms with Crippen LogP contribution in [0.3, 0.4) is 0 Å². The van der Waals surface area contributed by atoms with Crippen molar-refractivity contribution in [1.29, 1.82) is 0 Å². The molecule has 2 fully saturated rings. The lowest BCUT2D eigenvalue weighted by Gasteiger charge is -2.37. The molecule has 1 N–H and O–H groups in total. The monoisotopic (exact) mass is 301 g/mol. The maximum Gasteiger partial charge on any atom is 0.157 e. The lowest BCUT2D eigenvalue weighted by atomic mass is 9.83. The minimum Gasteiger partial charge on any atom is -0.313 e. The Balaban J connectivity index is 2.13. The predicted octanol–water partition coefficient (Wildman–Crippen LogP) is 3.29. The third-order valence-corrected chi connectivity index (χ3v) is 8.02. The number of nitrogens with one attached hydrogen (secondary N) is 1. The first-order chi connectivity index (χ1) is 9.59. The first-order valence-electron chi connectivity index (χ1n) is 8.55. The number of sulfone groups is 1. The van der Waals surface area contributed by atoms with Crippen LogP contribution in [-0.4, -0.2) is 31.5 Å². The molecule has 0 radical (unpaired) electrons. The quantitative estimate of drug-likeness (QED) is 0.819. The van der Waals surface area contributed by atoms with E-state index >= 15 is 0 Å². The topological polar surface area (TPSA) is 46.2 Å². The van der Waals surface area contributed by atoms with Crippen LogP contribution in [0.5, 0.6) is 0 Å². The van der Waals surface area contributed by atoms with Crippen LogP contribution in [0.1, 0.15) is 71.6 Å². The molecule has 3 atom stereocenters. The van der Waals surface area contributed by atoms with Gasteiger partial charge in [-0.05, 0) is 44.6 Å². The summed E-state index contributed by atoms with van der Waals surface area (Å²) < 4.78 is 26.0. The average molecular weight is 301 g/mol. The zero-order valence-corrected chi connectivity index (χ0v) is 13.9. The van der Waals surface area contributed by atoms with Gasteiger partial charge in [-0.25, -0.2) is 8.42 Å². The molecule has 0 amide bonds. The van der Waals surface area contributed by atoms with Crippen molar-refractivity contribution in [2.45, 2.75) is 88.2 Å². The average Bonchev–Trinajstić information content (AvgIpc) is 2.95. The van der Waals surface area contributed by atoms with Gasteiger partial charge in [-0.15, -0.1) is 0 Å². The molecule has 0 bridgehead atoms. The van der Waals surface area contributed by atoms with Gasteiger partial charge in [-0.3, -0.25) is 0 Å². The van der Waals surface area contributed by atoms with Crippen LogP contribution in [0.25, 0.3) is 0 Å². The normalized spacial score (nSPS) is 32.6. The molecule has 2 aliphatic rings. The summed E-state index contributed by atoms with van der Waals surface area (Å²) in [5.74, 6) is 0.621. The molecule has 0 aliphatic heterocycles. The zero-order valence-electron chi connectivity index (χ0n) is 13.1. The van der Waals surface area contributed by atoms with Gasteiger partial charge in [0.2, 0.25) is 0 Å². The van der Waals surface area contributed by atoms with Gasteiger partial charge in [0.25, 0.3) is 0 Å². The van der Waals surface area contributed by atoms with E-state index in [1.165, 1.54) is 19.3 Å². The predicted molar refractivity (Wildman–Crippen MR) is 84.7 cm³/mol. The molecule has 0 aromatic rings. The minimum absolute atomic E-state index is 0.0472. The molecule has 0 aromatic carbocycles. The van der Waals surface area contributed by atoms with E-state index in [0.717, 1.165) is 45.1 Å². The van der Waals surface area contributed by atoms with Gasteiger partial charge >= 0.3 is 0 Å². The van der Waals surface area contributed by atoms with Gasteiger partial charge in [-0.2, -0.15) is 0 Å². The molecule has 2 rings (SSSR count). The van der Waals surface area contributed by atoms with Crippen LogP contribution in [0.4, 0.5) is 0 Å². The lowest BCUT2D eigenvalue weighted by molar-refractivity contribution is 0.281. The van der Waals surface area contributed by atoms with E-state index in [0.29, 0.717) is 5.92 Å². The number of hydrogen-bond donors (Lipinski definition) is 1. The molecule has 118 valence electrons. The van der Waals surface area contributed by atoms with Crippen LogP contribution >= 0.6 is 0 Å². The van der Waals surface area contributed by atoms with E-state index in [9.17, 15) is 8.42 Å². The highest BCUT2D eigenvalue weighted by Crippen LogP contribution is 2.36. The van der Waals surface area contributed by atoms with Crippen molar-refractivity contribution in [3.05, 3.63) is 0 Å². The van der Waals surface area contributed by atoms with E-state index < -0.39 is 9.84 Å². The highest BCUT2D eigenvalue weighted by molar-refractivity contribution is 7.92. The van der Waals surface area contributed by atoms with Crippen LogP contribution in [0.15, 0.2) is 0 Å². The van der Waals surface area contributed by atoms with Crippen molar-refractivity contribution in [2.75, 3.05) is 6.54 Å². The standard InChI is InChI=1S/C16H31NO2S/c1-3-7-13-10-11-15(17-4-2)16(12-13)20(18,19)14-8-5-6-9-14/h13-17H,3-12H2,1-2H3. The van der Waals surface area contributed by atoms with Crippen LogP contribution < -0.4 is 5.32 Å². The van der Waals surface area contributed by atoms with Gasteiger partial charge in [-0.1, -0.05) is 39.5 Å². The Morgan fingerprint density at radius 1 is 1.05 bits per heavy atom. The van der Waals surface area contributed by atoms with Crippen LogP contribution in [0, 0.1) is 5.92 Å². The fourth-order valence-corrected chi connectivity index (χ4v) is 6.92. The second-order valence-corrected chi connectivity index (χ2v) is 9.12. The third kappa shape index (κ3) is 3.56. The maximum atomic E-state index is 13.0. The summed E-state index contributed by atoms with van der Waals surface area (Å²) in [6.07, 6.45) is 9.48. The Kier molecular flexibility index (Phi) is 5.91. The molecule has 4 heteroatoms. The maximum absolute atomic E-state index is 13.0. The Morgan fingerprint density at radius 2 is 1.75 bits per heavy atom. The lowest BCUT2D eigenvalue weighted by Crippen LogP contribution is -2.50. The summed E-state index contributed by atoms with van der Waals surface area (Å²) in [5.41, 5.74) is 0. The Hall–Kier alpha value is -0.0900. The molecule has 2 saturated carbocycles. The van der Waals surface area contributed by atoms with Crippen molar-refractivity contribution >= 4 is 9.84 Å². The van der Waals surface area contributed by atoms with Crippen LogP contribution in [0.2, 0.25) is 0 Å².